The van der Waals surface area contributed by atoms with Gasteiger partial charge in [0.15, 0.2) is 16.6 Å². The van der Waals surface area contributed by atoms with Gasteiger partial charge in [0.1, 0.15) is 6.67 Å². The quantitative estimate of drug-likeness (QED) is 0.507. The van der Waals surface area contributed by atoms with E-state index in [1.165, 1.54) is 0 Å². The fourth-order valence-corrected chi connectivity index (χ4v) is 10.5. The van der Waals surface area contributed by atoms with Crippen LogP contribution in [0, 0.1) is 0 Å². The van der Waals surface area contributed by atoms with E-state index in [0.717, 1.165) is 0 Å². The fraction of sp³-hybridized carbons (Fsp3) is 0.571. The normalized spacial score (nSPS) is 13.4. The molecule has 0 aromatic carbocycles. The lowest BCUT2D eigenvalue weighted by molar-refractivity contribution is 0.380. The van der Waals surface area contributed by atoms with Crippen LogP contribution in [0.5, 0.6) is 0 Å². The van der Waals surface area contributed by atoms with Gasteiger partial charge in [-0.15, -0.1) is 0 Å². The third-order valence-corrected chi connectivity index (χ3v) is 10.0. The molecular formula is C14H27N4O3PSi2. The van der Waals surface area contributed by atoms with Crippen LogP contribution in [0.4, 0.5) is 0 Å². The second-order valence-corrected chi connectivity index (χ2v) is 19.2. The van der Waals surface area contributed by atoms with E-state index in [9.17, 15) is 4.57 Å². The number of aromatic nitrogens is 4. The minimum Gasteiger partial charge on any atom is -0.351 e. The van der Waals surface area contributed by atoms with Gasteiger partial charge in [0.25, 0.3) is 0 Å². The molecule has 10 heteroatoms. The highest BCUT2D eigenvalue weighted by molar-refractivity contribution is 7.56. The Morgan fingerprint density at radius 2 is 1.67 bits per heavy atom. The maximum Gasteiger partial charge on any atom is 0.317 e. The lowest BCUT2D eigenvalue weighted by atomic mass is 10.5. The van der Waals surface area contributed by atoms with E-state index in [2.05, 4.69) is 10.2 Å². The molecule has 134 valence electrons. The van der Waals surface area contributed by atoms with Crippen LogP contribution in [-0.2, 0) is 25.8 Å². The molecule has 0 aliphatic heterocycles. The summed E-state index contributed by atoms with van der Waals surface area (Å²) >= 11 is 0. The minimum atomic E-state index is -3.22. The van der Waals surface area contributed by atoms with Gasteiger partial charge in [0.2, 0.25) is 0 Å². The molecule has 2 aromatic rings. The van der Waals surface area contributed by atoms with Gasteiger partial charge in [-0.25, -0.2) is 0 Å². The van der Waals surface area contributed by atoms with Gasteiger partial charge in [0, 0.05) is 18.6 Å². The SMILES string of the molecule is C[Si](C)(C)OP(=O)(Cc1ccn(Cn2cccn2)n1)O[Si](C)(C)C. The molecular weight excluding hydrogens is 359 g/mol. The molecule has 2 heterocycles. The van der Waals surface area contributed by atoms with E-state index in [1.54, 1.807) is 15.6 Å². The molecule has 0 aliphatic rings. The standard InChI is InChI=1S/C14H27N4O3PSi2/c1-23(2,3)20-22(19,21-24(4,5)6)12-14-8-11-18(16-14)13-17-10-7-9-15-17/h7-11H,12-13H2,1-6H3. The first kappa shape index (κ1) is 19.3. The molecule has 0 radical (unpaired) electrons. The Balaban J connectivity index is 2.14. The molecule has 0 saturated heterocycles. The molecule has 0 saturated carbocycles. The van der Waals surface area contributed by atoms with E-state index in [1.807, 2.05) is 63.8 Å². The Kier molecular flexibility index (Phi) is 5.71. The van der Waals surface area contributed by atoms with Crippen LogP contribution < -0.4 is 0 Å². The summed E-state index contributed by atoms with van der Waals surface area (Å²) in [5.74, 6) is 0. The first-order valence-electron chi connectivity index (χ1n) is 7.95. The van der Waals surface area contributed by atoms with E-state index in [4.69, 9.17) is 8.43 Å². The van der Waals surface area contributed by atoms with Crippen molar-refractivity contribution in [3.8, 4) is 0 Å². The van der Waals surface area contributed by atoms with Crippen LogP contribution in [0.2, 0.25) is 39.3 Å². The van der Waals surface area contributed by atoms with Gasteiger partial charge in [-0.3, -0.25) is 13.9 Å². The zero-order valence-corrected chi connectivity index (χ0v) is 18.2. The van der Waals surface area contributed by atoms with Crippen molar-refractivity contribution < 1.29 is 13.0 Å². The van der Waals surface area contributed by atoms with E-state index < -0.39 is 24.2 Å². The lowest BCUT2D eigenvalue weighted by Crippen LogP contribution is -2.30. The number of hydrogen-bond donors (Lipinski definition) is 0. The molecule has 0 amide bonds. The summed E-state index contributed by atoms with van der Waals surface area (Å²) in [6.07, 6.45) is 5.65. The molecule has 0 atom stereocenters. The van der Waals surface area contributed by atoms with Crippen molar-refractivity contribution >= 4 is 24.2 Å². The van der Waals surface area contributed by atoms with E-state index in [0.29, 0.717) is 12.4 Å². The molecule has 2 aromatic heterocycles. The summed E-state index contributed by atoms with van der Waals surface area (Å²) in [4.78, 5) is 0. The van der Waals surface area contributed by atoms with Crippen LogP contribution in [-0.4, -0.2) is 36.2 Å². The first-order chi connectivity index (χ1) is 10.9. The van der Waals surface area contributed by atoms with Crippen LogP contribution >= 0.6 is 7.60 Å². The molecule has 0 spiro atoms. The van der Waals surface area contributed by atoms with Crippen molar-refractivity contribution in [3.63, 3.8) is 0 Å². The Morgan fingerprint density at radius 3 is 2.17 bits per heavy atom. The summed E-state index contributed by atoms with van der Waals surface area (Å²) in [6.45, 7) is 12.6. The zero-order valence-electron chi connectivity index (χ0n) is 15.3. The van der Waals surface area contributed by atoms with Gasteiger partial charge in [0.05, 0.1) is 11.9 Å². The maximum absolute atomic E-state index is 13.3. The number of rotatable bonds is 8. The Bertz CT molecular complexity index is 684. The molecule has 2 rings (SSSR count). The van der Waals surface area contributed by atoms with Crippen molar-refractivity contribution in [1.29, 1.82) is 0 Å². The monoisotopic (exact) mass is 386 g/mol. The second kappa shape index (κ2) is 7.09. The predicted octanol–water partition coefficient (Wildman–Crippen LogP) is 3.98. The number of hydrogen-bond acceptors (Lipinski definition) is 5. The first-order valence-corrected chi connectivity index (χ1v) is 16.5. The Hall–Kier alpha value is -0.996. The van der Waals surface area contributed by atoms with Crippen LogP contribution in [0.3, 0.4) is 0 Å². The molecule has 24 heavy (non-hydrogen) atoms. The van der Waals surface area contributed by atoms with Crippen LogP contribution in [0.15, 0.2) is 30.7 Å². The van der Waals surface area contributed by atoms with Crippen molar-refractivity contribution in [3.05, 3.63) is 36.4 Å². The summed E-state index contributed by atoms with van der Waals surface area (Å²) < 4.78 is 28.8. The average Bonchev–Trinajstić information content (AvgIpc) is 2.96. The molecule has 0 N–H and O–H groups in total. The predicted molar refractivity (Wildman–Crippen MR) is 100 cm³/mol. The van der Waals surface area contributed by atoms with E-state index >= 15 is 0 Å². The summed E-state index contributed by atoms with van der Waals surface area (Å²) in [5.41, 5.74) is 0.710. The molecule has 0 bridgehead atoms. The molecule has 0 unspecified atom stereocenters. The molecule has 0 aliphatic carbocycles. The van der Waals surface area contributed by atoms with Crippen molar-refractivity contribution in [1.82, 2.24) is 19.6 Å². The van der Waals surface area contributed by atoms with Crippen molar-refractivity contribution in [2.75, 3.05) is 0 Å². The molecule has 0 fully saturated rings. The van der Waals surface area contributed by atoms with Crippen LogP contribution in [0.25, 0.3) is 0 Å². The summed E-state index contributed by atoms with van der Waals surface area (Å²) in [6, 6.07) is 3.72. The summed E-state index contributed by atoms with van der Waals surface area (Å²) in [7, 11) is -7.23. The smallest absolute Gasteiger partial charge is 0.317 e. The third kappa shape index (κ3) is 6.48. The van der Waals surface area contributed by atoms with Gasteiger partial charge < -0.3 is 8.43 Å². The van der Waals surface area contributed by atoms with Gasteiger partial charge >= 0.3 is 7.60 Å². The highest BCUT2D eigenvalue weighted by atomic mass is 31.2. The van der Waals surface area contributed by atoms with Gasteiger partial charge in [-0.1, -0.05) is 0 Å². The molecule has 7 nitrogen and oxygen atoms in total. The van der Waals surface area contributed by atoms with Gasteiger partial charge in [-0.2, -0.15) is 10.2 Å². The van der Waals surface area contributed by atoms with Gasteiger partial charge in [-0.05, 0) is 51.4 Å². The van der Waals surface area contributed by atoms with Crippen LogP contribution in [0.1, 0.15) is 5.69 Å². The summed E-state index contributed by atoms with van der Waals surface area (Å²) in [5, 5.41) is 8.64. The fourth-order valence-electron chi connectivity index (χ4n) is 2.22. The highest BCUT2D eigenvalue weighted by Crippen LogP contribution is 2.55. The van der Waals surface area contributed by atoms with E-state index in [-0.39, 0.29) is 6.16 Å². The largest absolute Gasteiger partial charge is 0.351 e. The highest BCUT2D eigenvalue weighted by Gasteiger charge is 2.37. The second-order valence-electron chi connectivity index (χ2n) is 7.71. The number of nitrogens with zero attached hydrogens (tertiary/aromatic N) is 4. The van der Waals surface area contributed by atoms with Crippen molar-refractivity contribution in [2.24, 2.45) is 0 Å². The maximum atomic E-state index is 13.3. The minimum absolute atomic E-state index is 0.202. The van der Waals surface area contributed by atoms with Crippen molar-refractivity contribution in [2.45, 2.75) is 52.1 Å². The third-order valence-electron chi connectivity index (χ3n) is 2.73. The lowest BCUT2D eigenvalue weighted by Gasteiger charge is -2.30. The Labute approximate surface area is 145 Å². The zero-order chi connectivity index (χ0) is 18.0. The Morgan fingerprint density at radius 1 is 1.04 bits per heavy atom. The topological polar surface area (TPSA) is 71.2 Å². The average molecular weight is 387 g/mol.